The molecule has 0 fully saturated rings. The fraction of sp³-hybridized carbons (Fsp3) is 0.647. The summed E-state index contributed by atoms with van der Waals surface area (Å²) in [7, 11) is 0. The second kappa shape index (κ2) is 13.5. The van der Waals surface area contributed by atoms with E-state index in [9.17, 15) is 19.8 Å². The highest BCUT2D eigenvalue weighted by Gasteiger charge is 2.10. The van der Waals surface area contributed by atoms with Gasteiger partial charge in [0.05, 0.1) is 13.2 Å². The van der Waals surface area contributed by atoms with Gasteiger partial charge in [0.2, 0.25) is 0 Å². The van der Waals surface area contributed by atoms with Crippen LogP contribution in [0, 0.1) is 0 Å². The highest BCUT2D eigenvalue weighted by Crippen LogP contribution is 1.97. The molecule has 0 amide bonds. The second-order valence-corrected chi connectivity index (χ2v) is 5.57. The molecule has 0 bridgehead atoms. The van der Waals surface area contributed by atoms with Crippen LogP contribution in [0.1, 0.15) is 20.3 Å². The topological polar surface area (TPSA) is 112 Å². The van der Waals surface area contributed by atoms with E-state index in [1.807, 2.05) is 0 Å². The normalized spacial score (nSPS) is 13.0. The molecule has 0 heterocycles. The summed E-state index contributed by atoms with van der Waals surface area (Å²) < 4.78 is 20.0. The van der Waals surface area contributed by atoms with Crippen LogP contribution in [0.15, 0.2) is 24.3 Å². The summed E-state index contributed by atoms with van der Waals surface area (Å²) >= 11 is 0. The first-order valence-electron chi connectivity index (χ1n) is 7.91. The van der Waals surface area contributed by atoms with Crippen molar-refractivity contribution in [2.45, 2.75) is 32.5 Å². The van der Waals surface area contributed by atoms with E-state index in [0.29, 0.717) is 19.6 Å². The minimum Gasteiger partial charge on any atom is -0.460 e. The Balaban J connectivity index is 3.51. The van der Waals surface area contributed by atoms with Gasteiger partial charge in [-0.15, -0.1) is 0 Å². The summed E-state index contributed by atoms with van der Waals surface area (Å²) in [5.41, 5.74) is 0.531. The molecule has 0 saturated heterocycles. The molecule has 2 N–H and O–H groups in total. The SMILES string of the molecule is C=C(C)C(=O)OCC(O)COCCCOCC(O)COC(=O)C(=C)C. The Morgan fingerprint density at radius 1 is 0.800 bits per heavy atom. The fourth-order valence-corrected chi connectivity index (χ4v) is 1.39. The lowest BCUT2D eigenvalue weighted by Gasteiger charge is -2.13. The summed E-state index contributed by atoms with van der Waals surface area (Å²) in [6, 6.07) is 0. The van der Waals surface area contributed by atoms with Crippen molar-refractivity contribution in [3.63, 3.8) is 0 Å². The summed E-state index contributed by atoms with van der Waals surface area (Å²) in [6.07, 6.45) is -1.26. The average molecular weight is 360 g/mol. The van der Waals surface area contributed by atoms with E-state index >= 15 is 0 Å². The summed E-state index contributed by atoms with van der Waals surface area (Å²) in [5, 5.41) is 19.1. The molecule has 144 valence electrons. The maximum absolute atomic E-state index is 11.1. The molecule has 0 aliphatic rings. The molecule has 0 radical (unpaired) electrons. The van der Waals surface area contributed by atoms with Crippen LogP contribution >= 0.6 is 0 Å². The number of carbonyl (C=O) groups excluding carboxylic acids is 2. The maximum Gasteiger partial charge on any atom is 0.333 e. The molecule has 0 aromatic carbocycles. The number of carbonyl (C=O) groups is 2. The minimum atomic E-state index is -0.908. The quantitative estimate of drug-likeness (QED) is 0.260. The van der Waals surface area contributed by atoms with Crippen LogP contribution in [0.3, 0.4) is 0 Å². The average Bonchev–Trinajstić information content (AvgIpc) is 2.56. The van der Waals surface area contributed by atoms with Crippen molar-refractivity contribution in [2.24, 2.45) is 0 Å². The first-order chi connectivity index (χ1) is 11.7. The van der Waals surface area contributed by atoms with Gasteiger partial charge in [0.25, 0.3) is 0 Å². The smallest absolute Gasteiger partial charge is 0.333 e. The second-order valence-electron chi connectivity index (χ2n) is 5.57. The van der Waals surface area contributed by atoms with E-state index in [4.69, 9.17) is 18.9 Å². The molecule has 8 heteroatoms. The number of aliphatic hydroxyl groups is 2. The van der Waals surface area contributed by atoms with Crippen LogP contribution in [0.5, 0.6) is 0 Å². The van der Waals surface area contributed by atoms with E-state index in [2.05, 4.69) is 13.2 Å². The van der Waals surface area contributed by atoms with Crippen molar-refractivity contribution in [3.05, 3.63) is 24.3 Å². The van der Waals surface area contributed by atoms with Gasteiger partial charge in [0.1, 0.15) is 25.4 Å². The number of ether oxygens (including phenoxy) is 4. The van der Waals surface area contributed by atoms with E-state index in [1.165, 1.54) is 13.8 Å². The van der Waals surface area contributed by atoms with E-state index < -0.39 is 24.1 Å². The molecular formula is C17H28O8. The van der Waals surface area contributed by atoms with Gasteiger partial charge < -0.3 is 29.2 Å². The molecule has 8 nitrogen and oxygen atoms in total. The third-order valence-corrected chi connectivity index (χ3v) is 2.71. The van der Waals surface area contributed by atoms with Gasteiger partial charge in [-0.3, -0.25) is 0 Å². The van der Waals surface area contributed by atoms with Crippen molar-refractivity contribution in [1.82, 2.24) is 0 Å². The third kappa shape index (κ3) is 13.2. The van der Waals surface area contributed by atoms with Crippen molar-refractivity contribution in [2.75, 3.05) is 39.6 Å². The van der Waals surface area contributed by atoms with Crippen LogP contribution in [-0.2, 0) is 28.5 Å². The predicted octanol–water partition coefficient (Wildman–Crippen LogP) is 0.370. The maximum atomic E-state index is 11.1. The van der Waals surface area contributed by atoms with Gasteiger partial charge in [0, 0.05) is 24.4 Å². The Kier molecular flexibility index (Phi) is 12.6. The number of hydrogen-bond acceptors (Lipinski definition) is 8. The Morgan fingerprint density at radius 3 is 1.48 bits per heavy atom. The predicted molar refractivity (Wildman–Crippen MR) is 89.8 cm³/mol. The Hall–Kier alpha value is -1.74. The van der Waals surface area contributed by atoms with Crippen LogP contribution in [0.4, 0.5) is 0 Å². The Labute approximate surface area is 148 Å². The standard InChI is InChI=1S/C17H28O8/c1-12(2)16(20)24-10-14(18)8-22-6-5-7-23-9-15(19)11-25-17(21)13(3)4/h14-15,18-19H,1,3,5-11H2,2,4H3. The molecule has 2 atom stereocenters. The van der Waals surface area contributed by atoms with Gasteiger partial charge >= 0.3 is 11.9 Å². The highest BCUT2D eigenvalue weighted by molar-refractivity contribution is 5.87. The summed E-state index contributed by atoms with van der Waals surface area (Å²) in [6.45, 7) is 10.3. The molecule has 0 aliphatic carbocycles. The van der Waals surface area contributed by atoms with Gasteiger partial charge in [-0.1, -0.05) is 13.2 Å². The molecule has 2 unspecified atom stereocenters. The lowest BCUT2D eigenvalue weighted by atomic mass is 10.3. The van der Waals surface area contributed by atoms with Gasteiger partial charge in [-0.05, 0) is 20.3 Å². The largest absolute Gasteiger partial charge is 0.460 e. The van der Waals surface area contributed by atoms with Gasteiger partial charge in [-0.2, -0.15) is 0 Å². The number of hydrogen-bond donors (Lipinski definition) is 2. The molecule has 25 heavy (non-hydrogen) atoms. The Morgan fingerprint density at radius 2 is 1.16 bits per heavy atom. The molecule has 0 rings (SSSR count). The van der Waals surface area contributed by atoms with Crippen molar-refractivity contribution < 1.29 is 38.7 Å². The highest BCUT2D eigenvalue weighted by atomic mass is 16.6. The van der Waals surface area contributed by atoms with Crippen LogP contribution in [-0.4, -0.2) is 74.0 Å². The monoisotopic (exact) mass is 360 g/mol. The molecule has 0 aromatic rings. The number of aliphatic hydroxyl groups excluding tert-OH is 2. The molecule has 0 aromatic heterocycles. The summed E-state index contributed by atoms with van der Waals surface area (Å²) in [5.74, 6) is -1.11. The van der Waals surface area contributed by atoms with Crippen molar-refractivity contribution >= 4 is 11.9 Å². The van der Waals surface area contributed by atoms with E-state index in [0.717, 1.165) is 0 Å². The van der Waals surface area contributed by atoms with Crippen LogP contribution in [0.25, 0.3) is 0 Å². The van der Waals surface area contributed by atoms with Crippen LogP contribution < -0.4 is 0 Å². The van der Waals surface area contributed by atoms with Crippen LogP contribution in [0.2, 0.25) is 0 Å². The lowest BCUT2D eigenvalue weighted by Crippen LogP contribution is -2.25. The zero-order valence-electron chi connectivity index (χ0n) is 14.9. The first kappa shape index (κ1) is 23.3. The van der Waals surface area contributed by atoms with Gasteiger partial charge in [-0.25, -0.2) is 9.59 Å². The molecule has 0 saturated carbocycles. The first-order valence-corrected chi connectivity index (χ1v) is 7.91. The summed E-state index contributed by atoms with van der Waals surface area (Å²) in [4.78, 5) is 22.2. The van der Waals surface area contributed by atoms with Gasteiger partial charge in [0.15, 0.2) is 0 Å². The number of rotatable bonds is 14. The third-order valence-electron chi connectivity index (χ3n) is 2.71. The fourth-order valence-electron chi connectivity index (χ4n) is 1.39. The molecular weight excluding hydrogens is 332 g/mol. The Bertz CT molecular complexity index is 406. The lowest BCUT2D eigenvalue weighted by molar-refractivity contribution is -0.143. The zero-order chi connectivity index (χ0) is 19.2. The minimum absolute atomic E-state index is 0.0307. The zero-order valence-corrected chi connectivity index (χ0v) is 14.9. The van der Waals surface area contributed by atoms with Crippen molar-refractivity contribution in [3.8, 4) is 0 Å². The van der Waals surface area contributed by atoms with E-state index in [-0.39, 0.29) is 37.6 Å². The molecule has 0 aliphatic heterocycles. The van der Waals surface area contributed by atoms with E-state index in [1.54, 1.807) is 0 Å². The number of esters is 2. The molecule has 0 spiro atoms. The van der Waals surface area contributed by atoms with Crippen molar-refractivity contribution in [1.29, 1.82) is 0 Å².